The Labute approximate surface area is 158 Å². The number of amides is 1. The fraction of sp³-hybridized carbons (Fsp3) is 0.263. The van der Waals surface area contributed by atoms with Crippen LogP contribution in [-0.4, -0.2) is 47.1 Å². The Morgan fingerprint density at radius 3 is 2.19 bits per heavy atom. The number of methoxy groups -OCH3 is 4. The number of nitrogens with zero attached hydrogens (tertiary/aromatic N) is 1. The Bertz CT molecular complexity index is 783. The van der Waals surface area contributed by atoms with Crippen molar-refractivity contribution < 1.29 is 23.7 Å². The van der Waals surface area contributed by atoms with Crippen molar-refractivity contribution in [2.24, 2.45) is 5.10 Å². The first-order chi connectivity index (χ1) is 13.1. The van der Waals surface area contributed by atoms with E-state index in [2.05, 4.69) is 15.8 Å². The highest BCUT2D eigenvalue weighted by Gasteiger charge is 2.12. The summed E-state index contributed by atoms with van der Waals surface area (Å²) in [5, 5.41) is 6.95. The summed E-state index contributed by atoms with van der Waals surface area (Å²) in [6, 6.07) is 10.8. The van der Waals surface area contributed by atoms with Crippen LogP contribution in [-0.2, 0) is 4.79 Å². The van der Waals surface area contributed by atoms with Gasteiger partial charge in [-0.2, -0.15) is 5.10 Å². The zero-order valence-electron chi connectivity index (χ0n) is 15.7. The van der Waals surface area contributed by atoms with Crippen molar-refractivity contribution in [3.8, 4) is 23.0 Å². The Kier molecular flexibility index (Phi) is 7.30. The molecule has 0 heterocycles. The summed E-state index contributed by atoms with van der Waals surface area (Å²) in [5.41, 5.74) is 3.87. The van der Waals surface area contributed by atoms with Crippen LogP contribution in [0.15, 0.2) is 41.5 Å². The molecule has 2 rings (SSSR count). The normalized spacial score (nSPS) is 10.4. The summed E-state index contributed by atoms with van der Waals surface area (Å²) in [4.78, 5) is 12.0. The Morgan fingerprint density at radius 2 is 1.59 bits per heavy atom. The molecule has 0 aliphatic carbocycles. The highest BCUT2D eigenvalue weighted by atomic mass is 16.5. The lowest BCUT2D eigenvalue weighted by Gasteiger charge is -2.12. The minimum atomic E-state index is -0.301. The molecule has 8 nitrogen and oxygen atoms in total. The number of ether oxygens (including phenoxy) is 4. The van der Waals surface area contributed by atoms with Crippen LogP contribution in [0.5, 0.6) is 23.0 Å². The van der Waals surface area contributed by atoms with E-state index in [0.29, 0.717) is 28.6 Å². The number of hydrogen-bond donors (Lipinski definition) is 2. The molecule has 0 fully saturated rings. The van der Waals surface area contributed by atoms with Gasteiger partial charge in [-0.05, 0) is 24.3 Å². The van der Waals surface area contributed by atoms with Crippen molar-refractivity contribution in [1.29, 1.82) is 0 Å². The number of rotatable bonds is 9. The van der Waals surface area contributed by atoms with Gasteiger partial charge in [0, 0.05) is 5.56 Å². The van der Waals surface area contributed by atoms with Gasteiger partial charge in [0.25, 0.3) is 5.91 Å². The number of carbonyl (C=O) groups excluding carboxylic acids is 1. The molecule has 0 aliphatic rings. The molecule has 0 aliphatic heterocycles. The first-order valence-electron chi connectivity index (χ1n) is 8.11. The van der Waals surface area contributed by atoms with Crippen molar-refractivity contribution in [3.05, 3.63) is 42.0 Å². The van der Waals surface area contributed by atoms with Gasteiger partial charge in [0.15, 0.2) is 11.5 Å². The van der Waals surface area contributed by atoms with E-state index in [1.807, 2.05) is 24.3 Å². The highest BCUT2D eigenvalue weighted by molar-refractivity contribution is 5.85. The maximum absolute atomic E-state index is 12.0. The molecule has 0 saturated carbocycles. The van der Waals surface area contributed by atoms with Gasteiger partial charge >= 0.3 is 0 Å². The average molecular weight is 373 g/mol. The molecule has 1 amide bonds. The zero-order chi connectivity index (χ0) is 19.6. The maximum Gasteiger partial charge on any atom is 0.259 e. The summed E-state index contributed by atoms with van der Waals surface area (Å²) in [6.07, 6.45) is 1.49. The number of hydrogen-bond acceptors (Lipinski definition) is 7. The molecule has 0 atom stereocenters. The molecule has 0 unspecified atom stereocenters. The molecule has 2 aromatic carbocycles. The van der Waals surface area contributed by atoms with E-state index in [0.717, 1.165) is 5.69 Å². The van der Waals surface area contributed by atoms with E-state index in [4.69, 9.17) is 18.9 Å². The molecule has 2 aromatic rings. The summed E-state index contributed by atoms with van der Waals surface area (Å²) in [5.74, 6) is 1.85. The number of carbonyl (C=O) groups is 1. The molecule has 0 radical (unpaired) electrons. The standard InChI is InChI=1S/C19H23N3O5/c1-24-15-8-6-5-7-14(15)20-12-18(23)22-21-11-13-9-16(25-2)19(27-4)17(10-13)26-3/h5-11,20H,12H2,1-4H3,(H,22,23). The summed E-state index contributed by atoms with van der Waals surface area (Å²) in [7, 11) is 6.17. The fourth-order valence-electron chi connectivity index (χ4n) is 2.36. The van der Waals surface area contributed by atoms with E-state index in [-0.39, 0.29) is 12.5 Å². The quantitative estimate of drug-likeness (QED) is 0.518. The Morgan fingerprint density at radius 1 is 0.963 bits per heavy atom. The SMILES string of the molecule is COc1ccccc1NCC(=O)NN=Cc1cc(OC)c(OC)c(OC)c1. The van der Waals surface area contributed by atoms with Crippen LogP contribution < -0.4 is 29.7 Å². The molecule has 8 heteroatoms. The van der Waals surface area contributed by atoms with Gasteiger partial charge in [0.2, 0.25) is 5.75 Å². The van der Waals surface area contributed by atoms with Gasteiger partial charge in [-0.1, -0.05) is 12.1 Å². The number of benzene rings is 2. The first-order valence-corrected chi connectivity index (χ1v) is 8.11. The Balaban J connectivity index is 1.97. The van der Waals surface area contributed by atoms with Crippen molar-refractivity contribution in [1.82, 2.24) is 5.43 Å². The smallest absolute Gasteiger partial charge is 0.259 e. The molecule has 0 saturated heterocycles. The lowest BCUT2D eigenvalue weighted by atomic mass is 10.2. The van der Waals surface area contributed by atoms with E-state index >= 15 is 0 Å². The van der Waals surface area contributed by atoms with Crippen LogP contribution in [0.3, 0.4) is 0 Å². The van der Waals surface area contributed by atoms with Crippen LogP contribution in [0.1, 0.15) is 5.56 Å². The van der Waals surface area contributed by atoms with E-state index < -0.39 is 0 Å². The van der Waals surface area contributed by atoms with Crippen molar-refractivity contribution in [2.75, 3.05) is 40.3 Å². The monoisotopic (exact) mass is 373 g/mol. The number of para-hydroxylation sites is 2. The number of anilines is 1. The second-order valence-corrected chi connectivity index (χ2v) is 5.31. The second kappa shape index (κ2) is 9.91. The lowest BCUT2D eigenvalue weighted by molar-refractivity contribution is -0.119. The average Bonchev–Trinajstić information content (AvgIpc) is 2.71. The van der Waals surface area contributed by atoms with Crippen LogP contribution in [0, 0.1) is 0 Å². The number of nitrogens with one attached hydrogen (secondary N) is 2. The largest absolute Gasteiger partial charge is 0.495 e. The van der Waals surface area contributed by atoms with Crippen LogP contribution in [0.25, 0.3) is 0 Å². The van der Waals surface area contributed by atoms with Gasteiger partial charge in [-0.25, -0.2) is 5.43 Å². The summed E-state index contributed by atoms with van der Waals surface area (Å²) in [6.45, 7) is 0.0486. The Hall–Kier alpha value is -3.42. The molecule has 144 valence electrons. The molecule has 2 N–H and O–H groups in total. The van der Waals surface area contributed by atoms with Crippen LogP contribution in [0.4, 0.5) is 5.69 Å². The van der Waals surface area contributed by atoms with Gasteiger partial charge in [-0.3, -0.25) is 4.79 Å². The van der Waals surface area contributed by atoms with Gasteiger partial charge in [-0.15, -0.1) is 0 Å². The summed E-state index contributed by atoms with van der Waals surface area (Å²) < 4.78 is 21.0. The molecular formula is C19H23N3O5. The molecule has 0 aromatic heterocycles. The third-order valence-corrected chi connectivity index (χ3v) is 3.64. The third kappa shape index (κ3) is 5.27. The van der Waals surface area contributed by atoms with E-state index in [1.165, 1.54) is 27.5 Å². The third-order valence-electron chi connectivity index (χ3n) is 3.64. The molecule has 27 heavy (non-hydrogen) atoms. The number of hydrazone groups is 1. The first kappa shape index (κ1) is 19.9. The van der Waals surface area contributed by atoms with Crippen LogP contribution in [0.2, 0.25) is 0 Å². The summed E-state index contributed by atoms with van der Waals surface area (Å²) >= 11 is 0. The minimum absolute atomic E-state index is 0.0486. The molecule has 0 spiro atoms. The van der Waals surface area contributed by atoms with Crippen molar-refractivity contribution in [3.63, 3.8) is 0 Å². The predicted molar refractivity (Wildman–Crippen MR) is 103 cm³/mol. The second-order valence-electron chi connectivity index (χ2n) is 5.31. The van der Waals surface area contributed by atoms with E-state index in [9.17, 15) is 4.79 Å². The van der Waals surface area contributed by atoms with Gasteiger partial charge < -0.3 is 24.3 Å². The fourth-order valence-corrected chi connectivity index (χ4v) is 2.36. The predicted octanol–water partition coefficient (Wildman–Crippen LogP) is 2.28. The van der Waals surface area contributed by atoms with Crippen LogP contribution >= 0.6 is 0 Å². The lowest BCUT2D eigenvalue weighted by Crippen LogP contribution is -2.26. The molecular weight excluding hydrogens is 350 g/mol. The maximum atomic E-state index is 12.0. The van der Waals surface area contributed by atoms with Gasteiger partial charge in [0.1, 0.15) is 5.75 Å². The zero-order valence-corrected chi connectivity index (χ0v) is 15.7. The highest BCUT2D eigenvalue weighted by Crippen LogP contribution is 2.37. The van der Waals surface area contributed by atoms with Gasteiger partial charge in [0.05, 0.1) is 46.9 Å². The van der Waals surface area contributed by atoms with E-state index in [1.54, 1.807) is 19.2 Å². The van der Waals surface area contributed by atoms with Crippen molar-refractivity contribution >= 4 is 17.8 Å². The minimum Gasteiger partial charge on any atom is -0.495 e. The topological polar surface area (TPSA) is 90.4 Å². The molecule has 0 bridgehead atoms. The van der Waals surface area contributed by atoms with Crippen molar-refractivity contribution in [2.45, 2.75) is 0 Å².